The van der Waals surface area contributed by atoms with Crippen LogP contribution in [-0.4, -0.2) is 25.6 Å². The van der Waals surface area contributed by atoms with Crippen molar-refractivity contribution in [2.75, 3.05) is 0 Å². The van der Waals surface area contributed by atoms with E-state index in [2.05, 4.69) is 16.0 Å². The van der Waals surface area contributed by atoms with E-state index in [0.717, 1.165) is 33.3 Å². The van der Waals surface area contributed by atoms with Crippen molar-refractivity contribution in [2.45, 2.75) is 19.8 Å². The van der Waals surface area contributed by atoms with E-state index in [1.54, 1.807) is 12.5 Å². The van der Waals surface area contributed by atoms with Crippen molar-refractivity contribution in [2.24, 2.45) is 0 Å². The predicted molar refractivity (Wildman–Crippen MR) is 141 cm³/mol. The summed E-state index contributed by atoms with van der Waals surface area (Å²) in [5, 5.41) is 11.1. The van der Waals surface area contributed by atoms with Crippen LogP contribution in [0.2, 0.25) is 0 Å². The van der Waals surface area contributed by atoms with Gasteiger partial charge in [-0.1, -0.05) is 30.3 Å². The van der Waals surface area contributed by atoms with Gasteiger partial charge in [-0.15, -0.1) is 0 Å². The maximum absolute atomic E-state index is 11.5. The summed E-state index contributed by atoms with van der Waals surface area (Å²) < 4.78 is 19.6. The summed E-state index contributed by atoms with van der Waals surface area (Å²) in [6.07, 6.45) is 7.13. The number of rotatable bonds is 9. The number of para-hydroxylation sites is 1. The number of hydrogen-bond acceptors (Lipinski definition) is 6. The summed E-state index contributed by atoms with van der Waals surface area (Å²) in [6, 6.07) is 23.0. The molecule has 8 heteroatoms. The van der Waals surface area contributed by atoms with E-state index in [-0.39, 0.29) is 12.4 Å². The summed E-state index contributed by atoms with van der Waals surface area (Å²) in [4.78, 5) is 20.0. The minimum atomic E-state index is -1.13. The Hall–Kier alpha value is -5.11. The second-order valence-electron chi connectivity index (χ2n) is 8.92. The molecule has 0 saturated carbocycles. The Morgan fingerprint density at radius 1 is 0.895 bits per heavy atom. The van der Waals surface area contributed by atoms with Gasteiger partial charge in [0.25, 0.3) is 0 Å². The molecule has 6 aromatic rings. The molecule has 0 aliphatic rings. The minimum Gasteiger partial charge on any atom is -0.489 e. The van der Waals surface area contributed by atoms with E-state index < -0.39 is 5.97 Å². The second-order valence-corrected chi connectivity index (χ2v) is 8.92. The number of furan rings is 1. The Balaban J connectivity index is 1.15. The van der Waals surface area contributed by atoms with Gasteiger partial charge in [-0.3, -0.25) is 4.98 Å². The number of benzene rings is 3. The number of carboxylic acids is 1. The number of pyridine rings is 1. The third-order valence-corrected chi connectivity index (χ3v) is 6.15. The average molecular weight is 506 g/mol. The zero-order valence-electron chi connectivity index (χ0n) is 20.3. The molecule has 0 aliphatic heterocycles. The Labute approximate surface area is 217 Å². The van der Waals surface area contributed by atoms with Crippen LogP contribution in [0.15, 0.2) is 102 Å². The zero-order valence-corrected chi connectivity index (χ0v) is 20.3. The van der Waals surface area contributed by atoms with Crippen LogP contribution in [0.5, 0.6) is 11.5 Å². The van der Waals surface area contributed by atoms with Crippen molar-refractivity contribution in [3.8, 4) is 11.5 Å². The van der Waals surface area contributed by atoms with Crippen molar-refractivity contribution < 1.29 is 23.8 Å². The third-order valence-electron chi connectivity index (χ3n) is 6.15. The van der Waals surface area contributed by atoms with Gasteiger partial charge >= 0.3 is 5.97 Å². The van der Waals surface area contributed by atoms with E-state index in [0.29, 0.717) is 29.9 Å². The summed E-state index contributed by atoms with van der Waals surface area (Å²) >= 11 is 0. The Bertz CT molecular complexity index is 1720. The highest BCUT2D eigenvalue weighted by molar-refractivity contribution is 5.93. The number of aromatic carboxylic acids is 1. The molecule has 0 bridgehead atoms. The summed E-state index contributed by atoms with van der Waals surface area (Å²) in [5.74, 6) is -0.0378. The highest BCUT2D eigenvalue weighted by atomic mass is 16.5. The van der Waals surface area contributed by atoms with Crippen molar-refractivity contribution in [3.63, 3.8) is 0 Å². The maximum Gasteiger partial charge on any atom is 0.371 e. The summed E-state index contributed by atoms with van der Waals surface area (Å²) in [5.41, 5.74) is 4.23. The third kappa shape index (κ3) is 5.05. The van der Waals surface area contributed by atoms with Gasteiger partial charge < -0.3 is 23.6 Å². The number of carbonyl (C=O) groups is 1. The van der Waals surface area contributed by atoms with Gasteiger partial charge in [-0.2, -0.15) is 0 Å². The fourth-order valence-electron chi connectivity index (χ4n) is 4.28. The van der Waals surface area contributed by atoms with Crippen molar-refractivity contribution in [3.05, 3.63) is 120 Å². The molecule has 6 rings (SSSR count). The Morgan fingerprint density at radius 3 is 2.53 bits per heavy atom. The SMILES string of the molecule is O=C(O)c1cc2cc(Cn3ccnc3)cc(OCc3ccc(OCc4cnc5ccccc5c4)cc3)c2o1. The van der Waals surface area contributed by atoms with Gasteiger partial charge in [0.05, 0.1) is 11.8 Å². The van der Waals surface area contributed by atoms with Crippen LogP contribution >= 0.6 is 0 Å². The number of ether oxygens (including phenoxy) is 2. The lowest BCUT2D eigenvalue weighted by Gasteiger charge is -2.11. The molecule has 0 unspecified atom stereocenters. The highest BCUT2D eigenvalue weighted by Gasteiger charge is 2.16. The van der Waals surface area contributed by atoms with Gasteiger partial charge in [-0.25, -0.2) is 9.78 Å². The molecular formula is C30H23N3O5. The molecular weight excluding hydrogens is 482 g/mol. The zero-order chi connectivity index (χ0) is 25.9. The van der Waals surface area contributed by atoms with Gasteiger partial charge in [0, 0.05) is 41.5 Å². The number of aromatic nitrogens is 3. The van der Waals surface area contributed by atoms with Crippen LogP contribution in [0.4, 0.5) is 0 Å². The Morgan fingerprint density at radius 2 is 1.71 bits per heavy atom. The van der Waals surface area contributed by atoms with E-state index in [1.165, 1.54) is 6.07 Å². The van der Waals surface area contributed by atoms with Crippen molar-refractivity contribution in [1.82, 2.24) is 14.5 Å². The Kier molecular flexibility index (Phi) is 6.19. The first-order valence-electron chi connectivity index (χ1n) is 12.0. The lowest BCUT2D eigenvalue weighted by Crippen LogP contribution is -2.00. The first-order chi connectivity index (χ1) is 18.6. The normalized spacial score (nSPS) is 11.2. The minimum absolute atomic E-state index is 0.132. The molecule has 0 saturated heterocycles. The molecule has 3 aromatic heterocycles. The highest BCUT2D eigenvalue weighted by Crippen LogP contribution is 2.32. The predicted octanol–water partition coefficient (Wildman–Crippen LogP) is 6.08. The molecule has 3 heterocycles. The standard InChI is InChI=1S/C30H23N3O5/c34-30(35)28-14-24-11-21(16-33-10-9-31-19-33)13-27(29(24)38-28)37-17-20-5-7-25(8-6-20)36-18-22-12-23-3-1-2-4-26(23)32-15-22/h1-15,19H,16-18H2,(H,34,35). The fourth-order valence-corrected chi connectivity index (χ4v) is 4.28. The van der Waals surface area contributed by atoms with Crippen molar-refractivity contribution in [1.29, 1.82) is 0 Å². The fraction of sp³-hybridized carbons (Fsp3) is 0.100. The molecule has 0 amide bonds. The van der Waals surface area contributed by atoms with E-state index in [9.17, 15) is 9.90 Å². The van der Waals surface area contributed by atoms with Crippen LogP contribution in [0.25, 0.3) is 21.9 Å². The van der Waals surface area contributed by atoms with Gasteiger partial charge in [0.2, 0.25) is 5.76 Å². The van der Waals surface area contributed by atoms with Gasteiger partial charge in [0.15, 0.2) is 11.3 Å². The summed E-state index contributed by atoms with van der Waals surface area (Å²) in [7, 11) is 0. The van der Waals surface area contributed by atoms with Crippen molar-refractivity contribution >= 4 is 27.8 Å². The number of imidazole rings is 1. The molecule has 188 valence electrons. The lowest BCUT2D eigenvalue weighted by atomic mass is 10.1. The molecule has 0 radical (unpaired) electrons. The van der Waals surface area contributed by atoms with Crippen LogP contribution < -0.4 is 9.47 Å². The van der Waals surface area contributed by atoms with Gasteiger partial charge in [0.1, 0.15) is 19.0 Å². The molecule has 8 nitrogen and oxygen atoms in total. The molecule has 0 spiro atoms. The number of nitrogens with zero attached hydrogens (tertiary/aromatic N) is 3. The lowest BCUT2D eigenvalue weighted by molar-refractivity contribution is 0.0664. The molecule has 0 atom stereocenters. The van der Waals surface area contributed by atoms with E-state index in [4.69, 9.17) is 13.9 Å². The number of fused-ring (bicyclic) bond motifs is 2. The molecule has 0 aliphatic carbocycles. The second kappa shape index (κ2) is 10.1. The quantitative estimate of drug-likeness (QED) is 0.254. The van der Waals surface area contributed by atoms with Gasteiger partial charge in [-0.05, 0) is 53.6 Å². The van der Waals surface area contributed by atoms with Crippen LogP contribution in [0.3, 0.4) is 0 Å². The summed E-state index contributed by atoms with van der Waals surface area (Å²) in [6.45, 7) is 1.26. The molecule has 0 fully saturated rings. The topological polar surface area (TPSA) is 99.6 Å². The maximum atomic E-state index is 11.5. The average Bonchev–Trinajstić information content (AvgIpc) is 3.61. The van der Waals surface area contributed by atoms with E-state index >= 15 is 0 Å². The van der Waals surface area contributed by atoms with Crippen LogP contribution in [0, 0.1) is 0 Å². The number of hydrogen-bond donors (Lipinski definition) is 1. The van der Waals surface area contributed by atoms with Crippen LogP contribution in [0.1, 0.15) is 27.2 Å². The molecule has 38 heavy (non-hydrogen) atoms. The molecule has 3 aromatic carbocycles. The smallest absolute Gasteiger partial charge is 0.371 e. The largest absolute Gasteiger partial charge is 0.489 e. The number of carboxylic acid groups (broad SMARTS) is 1. The first kappa shape index (κ1) is 23.3. The molecule has 1 N–H and O–H groups in total. The van der Waals surface area contributed by atoms with E-state index in [1.807, 2.05) is 77.6 Å². The monoisotopic (exact) mass is 505 g/mol. The van der Waals surface area contributed by atoms with Crippen LogP contribution in [-0.2, 0) is 19.8 Å². The first-order valence-corrected chi connectivity index (χ1v) is 12.0.